The standard InChI is InChI=1S/C25H25N3O2/c1-5-30-24-8-6-7-22(15-24)27-25(29)21(16-26)14-20-13-18(3)28(19(20)4)23-11-9-17(2)10-12-23/h6-15H,5H2,1-4H3,(H,27,29). The van der Waals surface area contributed by atoms with Gasteiger partial charge in [-0.1, -0.05) is 23.8 Å². The van der Waals surface area contributed by atoms with Gasteiger partial charge in [-0.2, -0.15) is 5.26 Å². The molecule has 1 heterocycles. The molecule has 0 unspecified atom stereocenters. The summed E-state index contributed by atoms with van der Waals surface area (Å²) < 4.78 is 7.57. The maximum absolute atomic E-state index is 12.7. The second-order valence-corrected chi connectivity index (χ2v) is 7.08. The van der Waals surface area contributed by atoms with Gasteiger partial charge in [0.05, 0.1) is 6.61 Å². The maximum Gasteiger partial charge on any atom is 0.266 e. The summed E-state index contributed by atoms with van der Waals surface area (Å²) in [5, 5.41) is 12.4. The number of nitrogens with zero attached hydrogens (tertiary/aromatic N) is 2. The monoisotopic (exact) mass is 399 g/mol. The van der Waals surface area contributed by atoms with Crippen molar-refractivity contribution < 1.29 is 9.53 Å². The smallest absolute Gasteiger partial charge is 0.266 e. The topological polar surface area (TPSA) is 67.0 Å². The zero-order valence-corrected chi connectivity index (χ0v) is 17.7. The van der Waals surface area contributed by atoms with Crippen molar-refractivity contribution in [2.45, 2.75) is 27.7 Å². The summed E-state index contributed by atoms with van der Waals surface area (Å²) in [6, 6.07) is 19.4. The largest absolute Gasteiger partial charge is 0.494 e. The number of carbonyl (C=O) groups excluding carboxylic acids is 1. The maximum atomic E-state index is 12.7. The number of nitrogens with one attached hydrogen (secondary N) is 1. The zero-order valence-electron chi connectivity index (χ0n) is 17.7. The molecule has 2 aromatic carbocycles. The molecule has 0 atom stereocenters. The highest BCUT2D eigenvalue weighted by Gasteiger charge is 2.14. The number of aryl methyl sites for hydroxylation is 2. The molecule has 0 spiro atoms. The minimum absolute atomic E-state index is 0.0426. The van der Waals surface area contributed by atoms with E-state index >= 15 is 0 Å². The molecule has 3 aromatic rings. The Bertz CT molecular complexity index is 1130. The van der Waals surface area contributed by atoms with Crippen molar-refractivity contribution in [2.24, 2.45) is 0 Å². The van der Waals surface area contributed by atoms with Gasteiger partial charge in [-0.05, 0) is 69.7 Å². The van der Waals surface area contributed by atoms with E-state index in [1.54, 1.807) is 24.3 Å². The van der Waals surface area contributed by atoms with Gasteiger partial charge in [0.15, 0.2) is 0 Å². The Morgan fingerprint density at radius 1 is 1.13 bits per heavy atom. The number of anilines is 1. The van der Waals surface area contributed by atoms with E-state index in [2.05, 4.69) is 41.1 Å². The van der Waals surface area contributed by atoms with Crippen LogP contribution in [0.15, 0.2) is 60.2 Å². The quantitative estimate of drug-likeness (QED) is 0.449. The SMILES string of the molecule is CCOc1cccc(NC(=O)C(C#N)=Cc2cc(C)n(-c3ccc(C)cc3)c2C)c1. The number of hydrogen-bond donors (Lipinski definition) is 1. The van der Waals surface area contributed by atoms with Gasteiger partial charge in [0.25, 0.3) is 5.91 Å². The molecule has 152 valence electrons. The Morgan fingerprint density at radius 2 is 1.87 bits per heavy atom. The number of benzene rings is 2. The number of rotatable bonds is 6. The summed E-state index contributed by atoms with van der Waals surface area (Å²) in [6.45, 7) is 8.48. The van der Waals surface area contributed by atoms with E-state index < -0.39 is 5.91 Å². The predicted octanol–water partition coefficient (Wildman–Crippen LogP) is 5.35. The fourth-order valence-electron chi connectivity index (χ4n) is 3.36. The molecule has 0 aliphatic heterocycles. The van der Waals surface area contributed by atoms with E-state index in [1.807, 2.05) is 39.0 Å². The third kappa shape index (κ3) is 4.61. The molecular formula is C25H25N3O2. The minimum Gasteiger partial charge on any atom is -0.494 e. The normalized spacial score (nSPS) is 11.1. The zero-order chi connectivity index (χ0) is 21.7. The molecule has 0 saturated heterocycles. The van der Waals surface area contributed by atoms with Gasteiger partial charge in [-0.15, -0.1) is 0 Å². The summed E-state index contributed by atoms with van der Waals surface area (Å²) in [4.78, 5) is 12.7. The molecule has 0 fully saturated rings. The molecule has 5 nitrogen and oxygen atoms in total. The molecule has 1 N–H and O–H groups in total. The molecule has 0 bridgehead atoms. The van der Waals surface area contributed by atoms with E-state index in [0.717, 1.165) is 22.6 Å². The molecule has 1 amide bonds. The first-order chi connectivity index (χ1) is 14.4. The van der Waals surface area contributed by atoms with Crippen LogP contribution >= 0.6 is 0 Å². The average molecular weight is 399 g/mol. The second-order valence-electron chi connectivity index (χ2n) is 7.08. The summed E-state index contributed by atoms with van der Waals surface area (Å²) in [5.74, 6) is 0.214. The van der Waals surface area contributed by atoms with Crippen LogP contribution in [0.1, 0.15) is 29.4 Å². The van der Waals surface area contributed by atoms with Gasteiger partial charge in [0, 0.05) is 28.8 Å². The summed E-state index contributed by atoms with van der Waals surface area (Å²) in [5.41, 5.74) is 5.70. The van der Waals surface area contributed by atoms with Crippen molar-refractivity contribution in [3.63, 3.8) is 0 Å². The molecule has 0 saturated carbocycles. The minimum atomic E-state index is -0.453. The fraction of sp³-hybridized carbons (Fsp3) is 0.200. The van der Waals surface area contributed by atoms with Crippen LogP contribution in [0, 0.1) is 32.1 Å². The Labute approximate surface area is 177 Å². The lowest BCUT2D eigenvalue weighted by Gasteiger charge is -2.10. The van der Waals surface area contributed by atoms with Crippen LogP contribution in [0.3, 0.4) is 0 Å². The Morgan fingerprint density at radius 3 is 2.53 bits per heavy atom. The van der Waals surface area contributed by atoms with Crippen molar-refractivity contribution in [1.82, 2.24) is 4.57 Å². The molecule has 0 radical (unpaired) electrons. The lowest BCUT2D eigenvalue weighted by Crippen LogP contribution is -2.13. The van der Waals surface area contributed by atoms with E-state index in [1.165, 1.54) is 5.56 Å². The van der Waals surface area contributed by atoms with Gasteiger partial charge in [-0.25, -0.2) is 0 Å². The molecule has 3 rings (SSSR count). The van der Waals surface area contributed by atoms with E-state index in [0.29, 0.717) is 18.0 Å². The average Bonchev–Trinajstić information content (AvgIpc) is 3.00. The third-order valence-corrected chi connectivity index (χ3v) is 4.83. The van der Waals surface area contributed by atoms with Gasteiger partial charge in [0.2, 0.25) is 0 Å². The van der Waals surface area contributed by atoms with Gasteiger partial charge < -0.3 is 14.6 Å². The number of aromatic nitrogens is 1. The number of carbonyl (C=O) groups is 1. The predicted molar refractivity (Wildman–Crippen MR) is 120 cm³/mol. The van der Waals surface area contributed by atoms with Crippen molar-refractivity contribution in [3.05, 3.63) is 82.7 Å². The van der Waals surface area contributed by atoms with Crippen molar-refractivity contribution in [3.8, 4) is 17.5 Å². The van der Waals surface area contributed by atoms with E-state index in [-0.39, 0.29) is 5.57 Å². The van der Waals surface area contributed by atoms with Crippen molar-refractivity contribution in [1.29, 1.82) is 5.26 Å². The highest BCUT2D eigenvalue weighted by molar-refractivity contribution is 6.09. The summed E-state index contributed by atoms with van der Waals surface area (Å²) in [7, 11) is 0. The summed E-state index contributed by atoms with van der Waals surface area (Å²) in [6.07, 6.45) is 1.63. The van der Waals surface area contributed by atoms with Crippen LogP contribution in [-0.2, 0) is 4.79 Å². The first kappa shape index (κ1) is 20.9. The van der Waals surface area contributed by atoms with Crippen LogP contribution in [0.5, 0.6) is 5.75 Å². The highest BCUT2D eigenvalue weighted by Crippen LogP contribution is 2.24. The molecule has 30 heavy (non-hydrogen) atoms. The van der Waals surface area contributed by atoms with Gasteiger partial charge >= 0.3 is 0 Å². The van der Waals surface area contributed by atoms with Crippen LogP contribution in [0.25, 0.3) is 11.8 Å². The van der Waals surface area contributed by atoms with Crippen molar-refractivity contribution in [2.75, 3.05) is 11.9 Å². The fourth-order valence-corrected chi connectivity index (χ4v) is 3.36. The summed E-state index contributed by atoms with van der Waals surface area (Å²) >= 11 is 0. The Kier molecular flexibility index (Phi) is 6.38. The molecule has 0 aliphatic rings. The molecule has 1 aromatic heterocycles. The van der Waals surface area contributed by atoms with Gasteiger partial charge in [-0.3, -0.25) is 4.79 Å². The lowest BCUT2D eigenvalue weighted by molar-refractivity contribution is -0.112. The molecule has 0 aliphatic carbocycles. The second kappa shape index (κ2) is 9.15. The van der Waals surface area contributed by atoms with Crippen LogP contribution in [-0.4, -0.2) is 17.1 Å². The van der Waals surface area contributed by atoms with Crippen LogP contribution in [0.2, 0.25) is 0 Å². The number of amides is 1. The number of hydrogen-bond acceptors (Lipinski definition) is 3. The third-order valence-electron chi connectivity index (χ3n) is 4.83. The van der Waals surface area contributed by atoms with Crippen LogP contribution < -0.4 is 10.1 Å². The van der Waals surface area contributed by atoms with Crippen LogP contribution in [0.4, 0.5) is 5.69 Å². The molecular weight excluding hydrogens is 374 g/mol. The number of nitriles is 1. The Balaban J connectivity index is 1.88. The van der Waals surface area contributed by atoms with Crippen molar-refractivity contribution >= 4 is 17.7 Å². The number of ether oxygens (including phenoxy) is 1. The Hall–Kier alpha value is -3.78. The lowest BCUT2D eigenvalue weighted by atomic mass is 10.1. The highest BCUT2D eigenvalue weighted by atomic mass is 16.5. The van der Waals surface area contributed by atoms with E-state index in [9.17, 15) is 10.1 Å². The van der Waals surface area contributed by atoms with E-state index in [4.69, 9.17) is 4.74 Å². The van der Waals surface area contributed by atoms with Gasteiger partial charge in [0.1, 0.15) is 17.4 Å². The first-order valence-electron chi connectivity index (χ1n) is 9.85. The first-order valence-corrected chi connectivity index (χ1v) is 9.85. The molecule has 5 heteroatoms.